The van der Waals surface area contributed by atoms with Gasteiger partial charge >= 0.3 is 0 Å². The molecule has 0 aliphatic rings. The van der Waals surface area contributed by atoms with Gasteiger partial charge in [0.05, 0.1) is 0 Å². The summed E-state index contributed by atoms with van der Waals surface area (Å²) in [7, 11) is 2.17. The number of alkyl halides is 1. The van der Waals surface area contributed by atoms with Crippen molar-refractivity contribution in [2.75, 3.05) is 12.8 Å². The number of halogens is 1. The molecule has 2 nitrogen and oxygen atoms in total. The van der Waals surface area contributed by atoms with Crippen LogP contribution < -0.4 is 0 Å². The number of carbonyl (C=O) groups is 1. The van der Waals surface area contributed by atoms with Gasteiger partial charge in [0.1, 0.15) is 6.67 Å². The van der Waals surface area contributed by atoms with E-state index in [1.54, 1.807) is 13.8 Å². The first kappa shape index (κ1) is 11.0. The van der Waals surface area contributed by atoms with E-state index >= 15 is 0 Å². The Kier molecular flexibility index (Phi) is 4.12. The van der Waals surface area contributed by atoms with Gasteiger partial charge < -0.3 is 5.11 Å². The highest BCUT2D eigenvalue weighted by Gasteiger charge is 2.35. The third-order valence-corrected chi connectivity index (χ3v) is 2.22. The van der Waals surface area contributed by atoms with E-state index in [1.807, 2.05) is 0 Å². The van der Waals surface area contributed by atoms with Crippen molar-refractivity contribution in [3.8, 4) is 0 Å². The zero-order chi connectivity index (χ0) is 9.07. The topological polar surface area (TPSA) is 37.3 Å². The van der Waals surface area contributed by atoms with Crippen LogP contribution in [0.4, 0.5) is 4.39 Å². The minimum atomic E-state index is -1.78. The van der Waals surface area contributed by atoms with Gasteiger partial charge in [-0.25, -0.2) is 4.39 Å². The lowest BCUT2D eigenvalue weighted by molar-refractivity contribution is -0.139. The van der Waals surface area contributed by atoms with Gasteiger partial charge in [0.15, 0.2) is 11.4 Å². The highest BCUT2D eigenvalue weighted by molar-refractivity contribution is 7.16. The molecule has 2 atom stereocenters. The van der Waals surface area contributed by atoms with E-state index in [9.17, 15) is 14.3 Å². The zero-order valence-electron chi connectivity index (χ0n) is 6.80. The lowest BCUT2D eigenvalue weighted by Gasteiger charge is -2.22. The quantitative estimate of drug-likeness (QED) is 0.649. The molecule has 11 heavy (non-hydrogen) atoms. The number of Topliss-reactive ketones (excluding diaryl/α,β-unsaturated/α-hetero) is 1. The van der Waals surface area contributed by atoms with E-state index in [0.29, 0.717) is 0 Å². The van der Waals surface area contributed by atoms with Gasteiger partial charge in [0.2, 0.25) is 0 Å². The lowest BCUT2D eigenvalue weighted by Crippen LogP contribution is -2.45. The number of rotatable bonds is 4. The first-order chi connectivity index (χ1) is 4.98. The third-order valence-electron chi connectivity index (χ3n) is 1.54. The van der Waals surface area contributed by atoms with Gasteiger partial charge in [-0.3, -0.25) is 4.79 Å². The summed E-state index contributed by atoms with van der Waals surface area (Å²) >= 11 is 0. The molecule has 0 rings (SSSR count). The molecule has 0 amide bonds. The fourth-order valence-corrected chi connectivity index (χ4v) is 1.07. The number of ketones is 1. The van der Waals surface area contributed by atoms with Crippen molar-refractivity contribution in [2.24, 2.45) is 5.92 Å². The van der Waals surface area contributed by atoms with Crippen LogP contribution in [-0.2, 0) is 4.79 Å². The SMILES string of the molecule is CC(C)C(=O)C(O)(CF)CP. The molecule has 0 spiro atoms. The molecule has 0 saturated heterocycles. The van der Waals surface area contributed by atoms with Gasteiger partial charge in [0.25, 0.3) is 0 Å². The minimum Gasteiger partial charge on any atom is -0.379 e. The van der Waals surface area contributed by atoms with Crippen molar-refractivity contribution in [1.82, 2.24) is 0 Å². The van der Waals surface area contributed by atoms with E-state index in [1.165, 1.54) is 0 Å². The molecule has 0 aliphatic carbocycles. The van der Waals surface area contributed by atoms with Gasteiger partial charge in [-0.15, -0.1) is 9.24 Å². The molecular weight excluding hydrogens is 166 g/mol. The minimum absolute atomic E-state index is 0.0561. The highest BCUT2D eigenvalue weighted by Crippen LogP contribution is 2.15. The van der Waals surface area contributed by atoms with Gasteiger partial charge in [-0.2, -0.15) is 0 Å². The Hall–Kier alpha value is -0.0100. The van der Waals surface area contributed by atoms with Crippen LogP contribution in [0.2, 0.25) is 0 Å². The van der Waals surface area contributed by atoms with E-state index in [0.717, 1.165) is 0 Å². The van der Waals surface area contributed by atoms with Crippen molar-refractivity contribution in [3.63, 3.8) is 0 Å². The Balaban J connectivity index is 4.37. The second-order valence-electron chi connectivity index (χ2n) is 2.89. The maximum Gasteiger partial charge on any atom is 0.169 e. The van der Waals surface area contributed by atoms with Crippen molar-refractivity contribution in [3.05, 3.63) is 0 Å². The predicted molar refractivity (Wildman–Crippen MR) is 45.3 cm³/mol. The number of hydrogen-bond acceptors (Lipinski definition) is 2. The van der Waals surface area contributed by atoms with E-state index in [4.69, 9.17) is 0 Å². The van der Waals surface area contributed by atoms with Crippen molar-refractivity contribution in [1.29, 1.82) is 0 Å². The first-order valence-corrected chi connectivity index (χ1v) is 4.32. The van der Waals surface area contributed by atoms with E-state index in [2.05, 4.69) is 9.24 Å². The Bertz CT molecular complexity index is 143. The molecule has 0 aromatic carbocycles. The Morgan fingerprint density at radius 3 is 2.27 bits per heavy atom. The standard InChI is InChI=1S/C7H14FO2P/c1-5(2)6(9)7(10,3-8)4-11/h5,10H,3-4,11H2,1-2H3. The molecule has 0 bridgehead atoms. The molecular formula is C7H14FO2P. The second-order valence-corrected chi connectivity index (χ2v) is 3.30. The summed E-state index contributed by atoms with van der Waals surface area (Å²) in [5.74, 6) is -0.758. The van der Waals surface area contributed by atoms with Crippen LogP contribution in [0, 0.1) is 5.92 Å². The van der Waals surface area contributed by atoms with Crippen LogP contribution in [0.1, 0.15) is 13.8 Å². The van der Waals surface area contributed by atoms with Gasteiger partial charge in [-0.05, 0) is 0 Å². The van der Waals surface area contributed by atoms with Crippen molar-refractivity contribution < 1.29 is 14.3 Å². The van der Waals surface area contributed by atoms with Crippen LogP contribution in [0.15, 0.2) is 0 Å². The summed E-state index contributed by atoms with van der Waals surface area (Å²) in [6.45, 7) is 2.28. The largest absolute Gasteiger partial charge is 0.379 e. The third kappa shape index (κ3) is 2.49. The average molecular weight is 180 g/mol. The molecule has 0 radical (unpaired) electrons. The summed E-state index contributed by atoms with van der Waals surface area (Å²) in [6.07, 6.45) is 0.0561. The van der Waals surface area contributed by atoms with Crippen LogP contribution in [0.5, 0.6) is 0 Å². The number of aliphatic hydroxyl groups is 1. The highest BCUT2D eigenvalue weighted by atomic mass is 31.0. The Morgan fingerprint density at radius 1 is 1.73 bits per heavy atom. The van der Waals surface area contributed by atoms with E-state index in [-0.39, 0.29) is 12.1 Å². The first-order valence-electron chi connectivity index (χ1n) is 3.50. The maximum absolute atomic E-state index is 12.2. The van der Waals surface area contributed by atoms with Gasteiger partial charge in [-0.1, -0.05) is 13.8 Å². The van der Waals surface area contributed by atoms with Crippen molar-refractivity contribution >= 4 is 15.0 Å². The van der Waals surface area contributed by atoms with Crippen LogP contribution in [0.25, 0.3) is 0 Å². The second kappa shape index (κ2) is 4.13. The summed E-state index contributed by atoms with van der Waals surface area (Å²) in [4.78, 5) is 11.1. The molecule has 4 heteroatoms. The average Bonchev–Trinajstić information content (AvgIpc) is 2.01. The molecule has 1 N–H and O–H groups in total. The monoisotopic (exact) mass is 180 g/mol. The smallest absolute Gasteiger partial charge is 0.169 e. The molecule has 0 fully saturated rings. The van der Waals surface area contributed by atoms with Crippen LogP contribution in [0.3, 0.4) is 0 Å². The normalized spacial score (nSPS) is 16.5. The molecule has 0 saturated carbocycles. The number of hydrogen-bond donors (Lipinski definition) is 1. The number of carbonyl (C=O) groups excluding carboxylic acids is 1. The predicted octanol–water partition coefficient (Wildman–Crippen LogP) is 0.787. The molecule has 0 aromatic rings. The lowest BCUT2D eigenvalue weighted by atomic mass is 9.94. The fraction of sp³-hybridized carbons (Fsp3) is 0.857. The van der Waals surface area contributed by atoms with Crippen LogP contribution >= 0.6 is 9.24 Å². The summed E-state index contributed by atoms with van der Waals surface area (Å²) in [5.41, 5.74) is -1.78. The summed E-state index contributed by atoms with van der Waals surface area (Å²) in [5, 5.41) is 9.32. The Morgan fingerprint density at radius 2 is 2.18 bits per heavy atom. The molecule has 0 aromatic heterocycles. The van der Waals surface area contributed by atoms with Crippen molar-refractivity contribution in [2.45, 2.75) is 19.4 Å². The summed E-state index contributed by atoms with van der Waals surface area (Å²) in [6, 6.07) is 0. The zero-order valence-corrected chi connectivity index (χ0v) is 7.96. The Labute approximate surface area is 68.4 Å². The molecule has 0 heterocycles. The fourth-order valence-electron chi connectivity index (χ4n) is 0.758. The van der Waals surface area contributed by atoms with Gasteiger partial charge in [0, 0.05) is 12.1 Å². The molecule has 66 valence electrons. The van der Waals surface area contributed by atoms with E-state index < -0.39 is 18.1 Å². The molecule has 2 unspecified atom stereocenters. The molecule has 0 aliphatic heterocycles. The summed E-state index contributed by atoms with van der Waals surface area (Å²) < 4.78 is 12.2. The maximum atomic E-state index is 12.2. The van der Waals surface area contributed by atoms with Crippen LogP contribution in [-0.4, -0.2) is 29.3 Å².